The topological polar surface area (TPSA) is 88.6 Å². The Labute approximate surface area is 153 Å². The predicted octanol–water partition coefficient (Wildman–Crippen LogP) is 3.02. The van der Waals surface area contributed by atoms with Crippen molar-refractivity contribution in [3.63, 3.8) is 0 Å². The molecule has 4 rings (SSSR count). The van der Waals surface area contributed by atoms with Crippen LogP contribution in [0.2, 0.25) is 0 Å². The second-order valence-electron chi connectivity index (χ2n) is 7.80. The van der Waals surface area contributed by atoms with Crippen molar-refractivity contribution in [3.8, 4) is 0 Å². The first-order chi connectivity index (χ1) is 12.2. The maximum atomic E-state index is 13.4. The van der Waals surface area contributed by atoms with Gasteiger partial charge in [-0.05, 0) is 69.1 Å². The Morgan fingerprint density at radius 2 is 1.96 bits per heavy atom. The highest BCUT2D eigenvalue weighted by atomic mass is 19.1. The third-order valence-electron chi connectivity index (χ3n) is 5.00. The van der Waals surface area contributed by atoms with Crippen LogP contribution < -0.4 is 5.73 Å². The highest BCUT2D eigenvalue weighted by molar-refractivity contribution is 5.80. The molecule has 1 saturated carbocycles. The lowest BCUT2D eigenvalue weighted by atomic mass is 9.93. The van der Waals surface area contributed by atoms with Crippen molar-refractivity contribution in [2.24, 2.45) is 11.8 Å². The fraction of sp³-hybridized carbons (Fsp3) is 0.550. The lowest BCUT2D eigenvalue weighted by Crippen LogP contribution is -2.20. The number of pyridine rings is 1. The van der Waals surface area contributed by atoms with Crippen LogP contribution in [0.3, 0.4) is 0 Å². The molecule has 0 spiro atoms. The third-order valence-corrected chi connectivity index (χ3v) is 5.00. The zero-order valence-corrected chi connectivity index (χ0v) is 15.3. The smallest absolute Gasteiger partial charge is 0.165 e. The summed E-state index contributed by atoms with van der Waals surface area (Å²) in [6, 6.07) is 7.49. The Morgan fingerprint density at radius 3 is 2.69 bits per heavy atom. The van der Waals surface area contributed by atoms with Crippen molar-refractivity contribution in [1.82, 2.24) is 4.98 Å². The van der Waals surface area contributed by atoms with Gasteiger partial charge in [0.25, 0.3) is 0 Å². The highest BCUT2D eigenvalue weighted by Crippen LogP contribution is 2.41. The van der Waals surface area contributed by atoms with Crippen LogP contribution in [0.15, 0.2) is 24.3 Å². The summed E-state index contributed by atoms with van der Waals surface area (Å²) in [7, 11) is 0. The molecule has 1 aliphatic heterocycles. The second kappa shape index (κ2) is 7.47. The van der Waals surface area contributed by atoms with Gasteiger partial charge >= 0.3 is 0 Å². The van der Waals surface area contributed by atoms with Crippen LogP contribution in [0.1, 0.15) is 38.7 Å². The van der Waals surface area contributed by atoms with E-state index in [1.54, 1.807) is 0 Å². The minimum Gasteiger partial charge on any atom is -0.381 e. The Bertz CT molecular complexity index is 769. The normalized spacial score (nSPS) is 25.0. The van der Waals surface area contributed by atoms with Gasteiger partial charge in [-0.2, -0.15) is 0 Å². The van der Waals surface area contributed by atoms with Crippen LogP contribution >= 0.6 is 0 Å². The first-order valence-electron chi connectivity index (χ1n) is 9.12. The third kappa shape index (κ3) is 4.69. The van der Waals surface area contributed by atoms with Crippen LogP contribution in [0, 0.1) is 17.7 Å². The molecule has 2 aromatic rings. The number of hydrogen-bond acceptors (Lipinski definition) is 5. The summed E-state index contributed by atoms with van der Waals surface area (Å²) in [4.78, 5) is 4.15. The number of halogens is 1. The molecular weight excluding hydrogens is 335 g/mol. The van der Waals surface area contributed by atoms with Crippen LogP contribution in [0.25, 0.3) is 10.9 Å². The number of nitrogens with zero attached hydrogens (tertiary/aromatic N) is 1. The molecule has 1 saturated heterocycles. The molecule has 142 valence electrons. The number of anilines is 1. The molecule has 3 unspecified atom stereocenters. The van der Waals surface area contributed by atoms with E-state index in [4.69, 9.17) is 20.7 Å². The Kier molecular flexibility index (Phi) is 5.46. The molecule has 0 bridgehead atoms. The first-order valence-corrected chi connectivity index (χ1v) is 9.12. The van der Waals surface area contributed by atoms with E-state index in [9.17, 15) is 4.39 Å². The lowest BCUT2D eigenvalue weighted by molar-refractivity contribution is -0.127. The van der Waals surface area contributed by atoms with Crippen molar-refractivity contribution >= 4 is 16.7 Å². The van der Waals surface area contributed by atoms with E-state index >= 15 is 0 Å². The van der Waals surface area contributed by atoms with E-state index in [2.05, 4.69) is 11.1 Å². The average molecular weight is 362 g/mol. The monoisotopic (exact) mass is 362 g/mol. The number of nitrogen functional groups attached to an aromatic ring is 1. The molecule has 1 aromatic carbocycles. The first kappa shape index (κ1) is 19.0. The maximum absolute atomic E-state index is 13.4. The molecule has 6 heteroatoms. The molecule has 1 aromatic heterocycles. The Hall–Kier alpha value is -1.76. The van der Waals surface area contributed by atoms with E-state index in [1.807, 2.05) is 12.1 Å². The summed E-state index contributed by atoms with van der Waals surface area (Å²) in [5.41, 5.74) is 7.57. The van der Waals surface area contributed by atoms with Gasteiger partial charge in [0.1, 0.15) is 0 Å². The molecule has 2 heterocycles. The quantitative estimate of drug-likeness (QED) is 0.715. The van der Waals surface area contributed by atoms with Gasteiger partial charge in [0.15, 0.2) is 17.4 Å². The molecule has 4 N–H and O–H groups in total. The van der Waals surface area contributed by atoms with Crippen LogP contribution in [0.5, 0.6) is 0 Å². The minimum atomic E-state index is -1.50. The molecule has 0 radical (unpaired) electrons. The van der Waals surface area contributed by atoms with Gasteiger partial charge in [0.05, 0.1) is 11.6 Å². The van der Waals surface area contributed by atoms with E-state index < -0.39 is 11.6 Å². The number of benzene rings is 1. The summed E-state index contributed by atoms with van der Waals surface area (Å²) < 4.78 is 19.3. The van der Waals surface area contributed by atoms with Crippen LogP contribution in [-0.4, -0.2) is 33.7 Å². The Morgan fingerprint density at radius 1 is 1.23 bits per heavy atom. The minimum absolute atomic E-state index is 0.0280. The van der Waals surface area contributed by atoms with Crippen LogP contribution in [0.4, 0.5) is 10.2 Å². The van der Waals surface area contributed by atoms with Gasteiger partial charge in [0.2, 0.25) is 0 Å². The summed E-state index contributed by atoms with van der Waals surface area (Å²) in [6.45, 7) is 3.51. The van der Waals surface area contributed by atoms with E-state index in [0.29, 0.717) is 12.0 Å². The number of rotatable bonds is 2. The number of fused-ring (bicyclic) bond motifs is 2. The number of aromatic nitrogens is 1. The molecule has 0 amide bonds. The van der Waals surface area contributed by atoms with Gasteiger partial charge in [-0.1, -0.05) is 12.1 Å². The van der Waals surface area contributed by atoms with Gasteiger partial charge in [0, 0.05) is 12.0 Å². The maximum Gasteiger partial charge on any atom is 0.165 e. The Balaban J connectivity index is 0.000000349. The zero-order valence-electron chi connectivity index (χ0n) is 15.3. The molecular formula is C20H27FN2O3. The predicted molar refractivity (Wildman–Crippen MR) is 98.9 cm³/mol. The van der Waals surface area contributed by atoms with Crippen molar-refractivity contribution in [2.45, 2.75) is 51.4 Å². The molecule has 2 fully saturated rings. The fourth-order valence-corrected chi connectivity index (χ4v) is 3.93. The lowest BCUT2D eigenvalue weighted by Gasteiger charge is -2.18. The number of nitrogens with two attached hydrogens (primary N) is 1. The van der Waals surface area contributed by atoms with Gasteiger partial charge in [-0.15, -0.1) is 0 Å². The second-order valence-corrected chi connectivity index (χ2v) is 7.80. The standard InChI is InChI=1S/C17H19FN2O.C3H8O2/c18-14-9-12-2-1-10(8-15(12)20-17(14)19)7-13-4-3-11-5-6-21-16(11)13;1-3(2,4)5/h1-2,8-9,11,13,16H,3-7H2,(H2,19,20);4-5H,1-2H3. The summed E-state index contributed by atoms with van der Waals surface area (Å²) in [6.07, 6.45) is 5.20. The summed E-state index contributed by atoms with van der Waals surface area (Å²) in [5.74, 6) is -0.612. The van der Waals surface area contributed by atoms with Gasteiger partial charge < -0.3 is 20.7 Å². The molecule has 1 aliphatic carbocycles. The SMILES string of the molecule is CC(C)(O)O.Nc1nc2cc(CC3CCC4CCOC43)ccc2cc1F. The summed E-state index contributed by atoms with van der Waals surface area (Å²) >= 11 is 0. The average Bonchev–Trinajstić information content (AvgIpc) is 3.12. The number of ether oxygens (including phenoxy) is 1. The molecule has 26 heavy (non-hydrogen) atoms. The number of hydrogen-bond donors (Lipinski definition) is 3. The van der Waals surface area contributed by atoms with Gasteiger partial charge in [-0.25, -0.2) is 9.37 Å². The van der Waals surface area contributed by atoms with Crippen LogP contribution in [-0.2, 0) is 11.2 Å². The largest absolute Gasteiger partial charge is 0.381 e. The zero-order chi connectivity index (χ0) is 18.9. The van der Waals surface area contributed by atoms with Crippen molar-refractivity contribution < 1.29 is 19.3 Å². The fourth-order valence-electron chi connectivity index (χ4n) is 3.93. The summed E-state index contributed by atoms with van der Waals surface area (Å²) in [5, 5.41) is 17.0. The highest BCUT2D eigenvalue weighted by Gasteiger charge is 2.40. The molecule has 5 nitrogen and oxygen atoms in total. The molecule has 3 atom stereocenters. The van der Waals surface area contributed by atoms with Crippen molar-refractivity contribution in [3.05, 3.63) is 35.6 Å². The molecule has 2 aliphatic rings. The van der Waals surface area contributed by atoms with E-state index in [-0.39, 0.29) is 5.82 Å². The van der Waals surface area contributed by atoms with E-state index in [1.165, 1.54) is 44.7 Å². The number of aliphatic hydroxyl groups is 2. The van der Waals surface area contributed by atoms with E-state index in [0.717, 1.165) is 29.8 Å². The van der Waals surface area contributed by atoms with Crippen molar-refractivity contribution in [2.75, 3.05) is 12.3 Å². The van der Waals surface area contributed by atoms with Gasteiger partial charge in [-0.3, -0.25) is 0 Å². The van der Waals surface area contributed by atoms with Crippen molar-refractivity contribution in [1.29, 1.82) is 0 Å².